The molecule has 0 saturated carbocycles. The van der Waals surface area contributed by atoms with E-state index in [0.717, 1.165) is 25.3 Å². The predicted molar refractivity (Wildman–Crippen MR) is 82.8 cm³/mol. The highest BCUT2D eigenvalue weighted by Crippen LogP contribution is 2.22. The van der Waals surface area contributed by atoms with Crippen LogP contribution in [0.4, 0.5) is 0 Å². The van der Waals surface area contributed by atoms with E-state index in [9.17, 15) is 0 Å². The summed E-state index contributed by atoms with van der Waals surface area (Å²) in [5.41, 5.74) is 1.38. The molecule has 0 bridgehead atoms. The lowest BCUT2D eigenvalue weighted by Gasteiger charge is -2.18. The fourth-order valence-corrected chi connectivity index (χ4v) is 2.25. The Kier molecular flexibility index (Phi) is 8.31. The van der Waals surface area contributed by atoms with E-state index in [4.69, 9.17) is 4.74 Å². The molecule has 0 heterocycles. The van der Waals surface area contributed by atoms with Gasteiger partial charge >= 0.3 is 0 Å². The minimum absolute atomic E-state index is 0.483. The maximum absolute atomic E-state index is 5.63. The van der Waals surface area contributed by atoms with Gasteiger partial charge in [0.25, 0.3) is 0 Å². The van der Waals surface area contributed by atoms with Crippen molar-refractivity contribution in [3.63, 3.8) is 0 Å². The van der Waals surface area contributed by atoms with Crippen LogP contribution in [0.3, 0.4) is 0 Å². The number of rotatable bonds is 10. The summed E-state index contributed by atoms with van der Waals surface area (Å²) >= 11 is 0. The molecule has 2 nitrogen and oxygen atoms in total. The molecule has 0 aliphatic heterocycles. The topological polar surface area (TPSA) is 21.3 Å². The molecule has 1 atom stereocenters. The zero-order valence-corrected chi connectivity index (χ0v) is 12.7. The molecule has 1 unspecified atom stereocenters. The molecule has 0 spiro atoms. The van der Waals surface area contributed by atoms with Crippen LogP contribution < -0.4 is 10.1 Å². The zero-order chi connectivity index (χ0) is 13.9. The molecule has 1 aromatic carbocycles. The fourth-order valence-electron chi connectivity index (χ4n) is 2.25. The van der Waals surface area contributed by atoms with Crippen molar-refractivity contribution in [1.29, 1.82) is 0 Å². The van der Waals surface area contributed by atoms with Crippen LogP contribution in [-0.2, 0) is 0 Å². The Morgan fingerprint density at radius 1 is 1.00 bits per heavy atom. The molecule has 0 saturated heterocycles. The summed E-state index contributed by atoms with van der Waals surface area (Å²) in [6.45, 7) is 8.37. The van der Waals surface area contributed by atoms with Gasteiger partial charge in [0.05, 0.1) is 6.61 Å². The molecule has 0 aliphatic carbocycles. The van der Waals surface area contributed by atoms with Gasteiger partial charge in [-0.05, 0) is 37.1 Å². The highest BCUT2D eigenvalue weighted by Gasteiger charge is 2.09. The lowest BCUT2D eigenvalue weighted by atomic mass is 10.0. The lowest BCUT2D eigenvalue weighted by molar-refractivity contribution is 0.317. The molecule has 1 N–H and O–H groups in total. The standard InChI is InChI=1S/C17H29NO/c1-4-7-8-9-17(18-6-3)15-10-12-16(13-11-15)19-14-5-2/h10-13,17-18H,4-9,14H2,1-3H3. The average Bonchev–Trinajstić information content (AvgIpc) is 2.45. The van der Waals surface area contributed by atoms with Crippen LogP contribution in [0.5, 0.6) is 5.75 Å². The van der Waals surface area contributed by atoms with Crippen LogP contribution in [0, 0.1) is 0 Å². The van der Waals surface area contributed by atoms with Gasteiger partial charge in [-0.3, -0.25) is 0 Å². The summed E-state index contributed by atoms with van der Waals surface area (Å²) in [4.78, 5) is 0. The minimum Gasteiger partial charge on any atom is -0.494 e. The first-order chi connectivity index (χ1) is 9.31. The van der Waals surface area contributed by atoms with Crippen molar-refractivity contribution in [3.8, 4) is 5.75 Å². The van der Waals surface area contributed by atoms with E-state index in [0.29, 0.717) is 6.04 Å². The Hall–Kier alpha value is -1.02. The third-order valence-electron chi connectivity index (χ3n) is 3.30. The molecule has 0 fully saturated rings. The number of hydrogen-bond acceptors (Lipinski definition) is 2. The first kappa shape index (κ1) is 16.0. The molecule has 108 valence electrons. The summed E-state index contributed by atoms with van der Waals surface area (Å²) in [7, 11) is 0. The van der Waals surface area contributed by atoms with Crippen LogP contribution in [0.2, 0.25) is 0 Å². The van der Waals surface area contributed by atoms with E-state index in [1.807, 2.05) is 0 Å². The molecule has 19 heavy (non-hydrogen) atoms. The summed E-state index contributed by atoms with van der Waals surface area (Å²) in [5, 5.41) is 3.58. The Morgan fingerprint density at radius 2 is 1.74 bits per heavy atom. The summed E-state index contributed by atoms with van der Waals surface area (Å²) in [5.74, 6) is 0.981. The maximum atomic E-state index is 5.63. The lowest BCUT2D eigenvalue weighted by Crippen LogP contribution is -2.20. The monoisotopic (exact) mass is 263 g/mol. The molecule has 0 amide bonds. The van der Waals surface area contributed by atoms with Crippen LogP contribution in [0.1, 0.15) is 64.5 Å². The first-order valence-corrected chi connectivity index (χ1v) is 7.77. The van der Waals surface area contributed by atoms with E-state index < -0.39 is 0 Å². The summed E-state index contributed by atoms with van der Waals surface area (Å²) in [6.07, 6.45) is 6.17. The Labute approximate surface area is 118 Å². The van der Waals surface area contributed by atoms with Gasteiger partial charge in [0.1, 0.15) is 5.75 Å². The number of benzene rings is 1. The molecule has 0 aliphatic rings. The van der Waals surface area contributed by atoms with Gasteiger partial charge in [-0.2, -0.15) is 0 Å². The van der Waals surface area contributed by atoms with Crippen molar-refractivity contribution >= 4 is 0 Å². The highest BCUT2D eigenvalue weighted by atomic mass is 16.5. The van der Waals surface area contributed by atoms with E-state index in [1.165, 1.54) is 31.2 Å². The number of nitrogens with one attached hydrogen (secondary N) is 1. The number of unbranched alkanes of at least 4 members (excludes halogenated alkanes) is 2. The van der Waals surface area contributed by atoms with Crippen molar-refractivity contribution in [3.05, 3.63) is 29.8 Å². The maximum Gasteiger partial charge on any atom is 0.119 e. The van der Waals surface area contributed by atoms with Crippen LogP contribution in [-0.4, -0.2) is 13.2 Å². The largest absolute Gasteiger partial charge is 0.494 e. The van der Waals surface area contributed by atoms with Gasteiger partial charge in [0.15, 0.2) is 0 Å². The van der Waals surface area contributed by atoms with Gasteiger partial charge in [-0.25, -0.2) is 0 Å². The van der Waals surface area contributed by atoms with E-state index in [1.54, 1.807) is 0 Å². The number of hydrogen-bond donors (Lipinski definition) is 1. The van der Waals surface area contributed by atoms with Gasteiger partial charge in [-0.15, -0.1) is 0 Å². The smallest absolute Gasteiger partial charge is 0.119 e. The van der Waals surface area contributed by atoms with Crippen molar-refractivity contribution < 1.29 is 4.74 Å². The van der Waals surface area contributed by atoms with E-state index >= 15 is 0 Å². The third kappa shape index (κ3) is 6.11. The fraction of sp³-hybridized carbons (Fsp3) is 0.647. The third-order valence-corrected chi connectivity index (χ3v) is 3.30. The van der Waals surface area contributed by atoms with Crippen LogP contribution in [0.15, 0.2) is 24.3 Å². The molecular weight excluding hydrogens is 234 g/mol. The predicted octanol–water partition coefficient (Wildman–Crippen LogP) is 4.71. The quantitative estimate of drug-likeness (QED) is 0.617. The highest BCUT2D eigenvalue weighted by molar-refractivity contribution is 5.29. The Balaban J connectivity index is 2.57. The molecule has 1 aromatic rings. The second-order valence-electron chi connectivity index (χ2n) is 5.02. The molecule has 0 radical (unpaired) electrons. The van der Waals surface area contributed by atoms with Crippen molar-refractivity contribution in [2.45, 2.75) is 58.9 Å². The van der Waals surface area contributed by atoms with Gasteiger partial charge in [0.2, 0.25) is 0 Å². The van der Waals surface area contributed by atoms with Crippen molar-refractivity contribution in [2.75, 3.05) is 13.2 Å². The van der Waals surface area contributed by atoms with Crippen molar-refractivity contribution in [2.24, 2.45) is 0 Å². The molecule has 0 aromatic heterocycles. The summed E-state index contributed by atoms with van der Waals surface area (Å²) < 4.78 is 5.63. The SMILES string of the molecule is CCCCCC(NCC)c1ccc(OCCC)cc1. The minimum atomic E-state index is 0.483. The second kappa shape index (κ2) is 9.85. The van der Waals surface area contributed by atoms with Crippen LogP contribution in [0.25, 0.3) is 0 Å². The van der Waals surface area contributed by atoms with Crippen molar-refractivity contribution in [1.82, 2.24) is 5.32 Å². The normalized spacial score (nSPS) is 12.4. The summed E-state index contributed by atoms with van der Waals surface area (Å²) in [6, 6.07) is 9.07. The average molecular weight is 263 g/mol. The number of ether oxygens (including phenoxy) is 1. The van der Waals surface area contributed by atoms with Gasteiger partial charge < -0.3 is 10.1 Å². The molecule has 1 rings (SSSR count). The first-order valence-electron chi connectivity index (χ1n) is 7.77. The molecular formula is C17H29NO. The van der Waals surface area contributed by atoms with Gasteiger partial charge in [-0.1, -0.05) is 52.2 Å². The Bertz CT molecular complexity index is 321. The van der Waals surface area contributed by atoms with E-state index in [-0.39, 0.29) is 0 Å². The second-order valence-corrected chi connectivity index (χ2v) is 5.02. The Morgan fingerprint density at radius 3 is 2.32 bits per heavy atom. The van der Waals surface area contributed by atoms with Crippen LogP contribution >= 0.6 is 0 Å². The molecule has 2 heteroatoms. The zero-order valence-electron chi connectivity index (χ0n) is 12.7. The van der Waals surface area contributed by atoms with E-state index in [2.05, 4.69) is 50.4 Å². The van der Waals surface area contributed by atoms with Gasteiger partial charge in [0, 0.05) is 6.04 Å².